The Balaban J connectivity index is 2.50. The molecule has 3 heteroatoms. The minimum atomic E-state index is -0.304. The molecule has 1 N–H and O–H groups in total. The molecule has 0 radical (unpaired) electrons. The largest absolute Gasteiger partial charge is 0.466 e. The first-order valence-corrected chi connectivity index (χ1v) is 6.40. The van der Waals surface area contributed by atoms with Gasteiger partial charge in [0.1, 0.15) is 0 Å². The van der Waals surface area contributed by atoms with Gasteiger partial charge in [-0.15, -0.1) is 6.42 Å². The fourth-order valence-corrected chi connectivity index (χ4v) is 2.35. The van der Waals surface area contributed by atoms with E-state index in [0.29, 0.717) is 12.6 Å². The summed E-state index contributed by atoms with van der Waals surface area (Å²) < 4.78 is 5.08. The lowest BCUT2D eigenvalue weighted by Crippen LogP contribution is -2.47. The Hall–Kier alpha value is -1.01. The predicted octanol–water partition coefficient (Wildman–Crippen LogP) is 2.11. The molecule has 1 saturated carbocycles. The predicted molar refractivity (Wildman–Crippen MR) is 68.4 cm³/mol. The standard InChI is InChI=1S/C14H23NO2/c1-5-14(3,4)15-12-9-7-8-11(10-12)13(16)17-6-2/h1,11-12,15H,6-10H2,2-4H3. The van der Waals surface area contributed by atoms with E-state index >= 15 is 0 Å². The summed E-state index contributed by atoms with van der Waals surface area (Å²) in [6, 6.07) is 0.323. The number of carbonyl (C=O) groups excluding carboxylic acids is 1. The van der Waals surface area contributed by atoms with Gasteiger partial charge in [0, 0.05) is 6.04 Å². The maximum absolute atomic E-state index is 11.7. The molecular formula is C14H23NO2. The molecule has 0 amide bonds. The average Bonchev–Trinajstić information content (AvgIpc) is 2.29. The zero-order valence-electron chi connectivity index (χ0n) is 11.1. The Morgan fingerprint density at radius 3 is 2.82 bits per heavy atom. The van der Waals surface area contributed by atoms with E-state index in [4.69, 9.17) is 11.2 Å². The number of terminal acetylenes is 1. The lowest BCUT2D eigenvalue weighted by molar-refractivity contribution is -0.149. The topological polar surface area (TPSA) is 38.3 Å². The highest BCUT2D eigenvalue weighted by atomic mass is 16.5. The molecule has 0 aromatic heterocycles. The van der Waals surface area contributed by atoms with Crippen LogP contribution in [0.25, 0.3) is 0 Å². The van der Waals surface area contributed by atoms with E-state index < -0.39 is 0 Å². The molecule has 1 rings (SSSR count). The summed E-state index contributed by atoms with van der Waals surface area (Å²) in [5, 5.41) is 3.43. The van der Waals surface area contributed by atoms with Crippen LogP contribution < -0.4 is 5.32 Å². The lowest BCUT2D eigenvalue weighted by Gasteiger charge is -2.33. The molecule has 17 heavy (non-hydrogen) atoms. The van der Waals surface area contributed by atoms with E-state index in [-0.39, 0.29) is 17.4 Å². The molecule has 96 valence electrons. The number of hydrogen-bond donors (Lipinski definition) is 1. The molecule has 0 aromatic rings. The van der Waals surface area contributed by atoms with Crippen molar-refractivity contribution in [2.24, 2.45) is 5.92 Å². The summed E-state index contributed by atoms with van der Waals surface area (Å²) in [6.07, 6.45) is 9.38. The number of hydrogen-bond acceptors (Lipinski definition) is 3. The number of ether oxygens (including phenoxy) is 1. The van der Waals surface area contributed by atoms with Crippen LogP contribution >= 0.6 is 0 Å². The number of esters is 1. The fraction of sp³-hybridized carbons (Fsp3) is 0.786. The summed E-state index contributed by atoms with van der Waals surface area (Å²) in [5.74, 6) is 2.71. The zero-order chi connectivity index (χ0) is 12.9. The van der Waals surface area contributed by atoms with E-state index in [0.717, 1.165) is 25.7 Å². The van der Waals surface area contributed by atoms with Crippen LogP contribution in [0.4, 0.5) is 0 Å². The van der Waals surface area contributed by atoms with Gasteiger partial charge in [-0.25, -0.2) is 0 Å². The van der Waals surface area contributed by atoms with Crippen molar-refractivity contribution in [2.45, 2.75) is 58.0 Å². The van der Waals surface area contributed by atoms with Crippen LogP contribution in [0.5, 0.6) is 0 Å². The Labute approximate surface area is 104 Å². The van der Waals surface area contributed by atoms with Crippen LogP contribution in [0.3, 0.4) is 0 Å². The van der Waals surface area contributed by atoms with Gasteiger partial charge >= 0.3 is 5.97 Å². The van der Waals surface area contributed by atoms with E-state index in [1.54, 1.807) is 0 Å². The van der Waals surface area contributed by atoms with E-state index in [1.165, 1.54) is 0 Å². The summed E-state index contributed by atoms with van der Waals surface area (Å²) in [4.78, 5) is 11.7. The molecule has 2 unspecified atom stereocenters. The Morgan fingerprint density at radius 1 is 1.53 bits per heavy atom. The van der Waals surface area contributed by atoms with Crippen molar-refractivity contribution >= 4 is 5.97 Å². The van der Waals surface area contributed by atoms with Crippen LogP contribution in [0, 0.1) is 18.3 Å². The maximum atomic E-state index is 11.7. The fourth-order valence-electron chi connectivity index (χ4n) is 2.35. The van der Waals surface area contributed by atoms with E-state index in [1.807, 2.05) is 20.8 Å². The number of carbonyl (C=O) groups is 1. The molecule has 1 fully saturated rings. The van der Waals surface area contributed by atoms with Gasteiger partial charge in [-0.3, -0.25) is 10.1 Å². The Morgan fingerprint density at radius 2 is 2.24 bits per heavy atom. The van der Waals surface area contributed by atoms with Crippen molar-refractivity contribution in [3.63, 3.8) is 0 Å². The highest BCUT2D eigenvalue weighted by Crippen LogP contribution is 2.26. The van der Waals surface area contributed by atoms with Gasteiger partial charge in [0.15, 0.2) is 0 Å². The molecule has 2 atom stereocenters. The van der Waals surface area contributed by atoms with Crippen molar-refractivity contribution < 1.29 is 9.53 Å². The maximum Gasteiger partial charge on any atom is 0.308 e. The lowest BCUT2D eigenvalue weighted by atomic mass is 9.84. The molecular weight excluding hydrogens is 214 g/mol. The molecule has 1 aliphatic carbocycles. The summed E-state index contributed by atoms with van der Waals surface area (Å²) in [7, 11) is 0. The summed E-state index contributed by atoms with van der Waals surface area (Å²) in [6.45, 7) is 6.28. The minimum Gasteiger partial charge on any atom is -0.466 e. The van der Waals surface area contributed by atoms with Crippen molar-refractivity contribution in [1.29, 1.82) is 0 Å². The normalized spacial score (nSPS) is 25.1. The third-order valence-electron chi connectivity index (χ3n) is 3.22. The SMILES string of the molecule is C#CC(C)(C)NC1CCCC(C(=O)OCC)C1. The number of rotatable bonds is 4. The molecule has 0 aliphatic heterocycles. The van der Waals surface area contributed by atoms with Crippen LogP contribution in [0.15, 0.2) is 0 Å². The van der Waals surface area contributed by atoms with Crippen LogP contribution in [0.1, 0.15) is 46.5 Å². The second kappa shape index (κ2) is 6.07. The Bertz CT molecular complexity index is 304. The molecule has 1 aliphatic rings. The number of nitrogens with one attached hydrogen (secondary N) is 1. The van der Waals surface area contributed by atoms with E-state index in [9.17, 15) is 4.79 Å². The van der Waals surface area contributed by atoms with Crippen molar-refractivity contribution in [3.8, 4) is 12.3 Å². The zero-order valence-corrected chi connectivity index (χ0v) is 11.1. The first-order valence-electron chi connectivity index (χ1n) is 6.40. The molecule has 0 bridgehead atoms. The first-order chi connectivity index (χ1) is 7.98. The summed E-state index contributed by atoms with van der Waals surface area (Å²) >= 11 is 0. The molecule has 0 saturated heterocycles. The first kappa shape index (κ1) is 14.1. The van der Waals surface area contributed by atoms with Gasteiger partial charge in [-0.05, 0) is 40.0 Å². The quantitative estimate of drug-likeness (QED) is 0.601. The molecule has 3 nitrogen and oxygen atoms in total. The Kier molecular flexibility index (Phi) is 5.02. The van der Waals surface area contributed by atoms with Gasteiger partial charge in [0.2, 0.25) is 0 Å². The minimum absolute atomic E-state index is 0.0368. The van der Waals surface area contributed by atoms with Crippen LogP contribution in [0.2, 0.25) is 0 Å². The summed E-state index contributed by atoms with van der Waals surface area (Å²) in [5.41, 5.74) is -0.304. The van der Waals surface area contributed by atoms with Crippen LogP contribution in [-0.2, 0) is 9.53 Å². The molecule has 0 aromatic carbocycles. The second-order valence-electron chi connectivity index (χ2n) is 5.23. The van der Waals surface area contributed by atoms with Gasteiger partial charge < -0.3 is 4.74 Å². The monoisotopic (exact) mass is 237 g/mol. The smallest absolute Gasteiger partial charge is 0.308 e. The third kappa shape index (κ3) is 4.40. The van der Waals surface area contributed by atoms with Gasteiger partial charge in [0.25, 0.3) is 0 Å². The van der Waals surface area contributed by atoms with Gasteiger partial charge in [-0.2, -0.15) is 0 Å². The van der Waals surface area contributed by atoms with Crippen molar-refractivity contribution in [3.05, 3.63) is 0 Å². The van der Waals surface area contributed by atoms with Gasteiger partial charge in [-0.1, -0.05) is 12.3 Å². The van der Waals surface area contributed by atoms with Crippen molar-refractivity contribution in [2.75, 3.05) is 6.61 Å². The van der Waals surface area contributed by atoms with Crippen molar-refractivity contribution in [1.82, 2.24) is 5.32 Å². The van der Waals surface area contributed by atoms with Crippen LogP contribution in [-0.4, -0.2) is 24.2 Å². The third-order valence-corrected chi connectivity index (χ3v) is 3.22. The second-order valence-corrected chi connectivity index (χ2v) is 5.23. The average molecular weight is 237 g/mol. The molecule has 0 spiro atoms. The van der Waals surface area contributed by atoms with Gasteiger partial charge in [0.05, 0.1) is 18.1 Å². The highest BCUT2D eigenvalue weighted by molar-refractivity contribution is 5.72. The molecule has 0 heterocycles. The van der Waals surface area contributed by atoms with E-state index in [2.05, 4.69) is 11.2 Å². The highest BCUT2D eigenvalue weighted by Gasteiger charge is 2.30.